The van der Waals surface area contributed by atoms with Crippen LogP contribution in [0.3, 0.4) is 0 Å². The van der Waals surface area contributed by atoms with Gasteiger partial charge in [-0.2, -0.15) is 0 Å². The first-order chi connectivity index (χ1) is 30.0. The van der Waals surface area contributed by atoms with Crippen molar-refractivity contribution < 1.29 is 53.4 Å². The third kappa shape index (κ3) is 18.6. The van der Waals surface area contributed by atoms with E-state index in [1.807, 2.05) is 13.8 Å². The summed E-state index contributed by atoms with van der Waals surface area (Å²) in [4.78, 5) is 130. The number of amides is 7. The Bertz CT molecular complexity index is 1800. The normalized spacial score (nSPS) is 16.4. The van der Waals surface area contributed by atoms with Crippen LogP contribution in [0.25, 0.3) is 0 Å². The van der Waals surface area contributed by atoms with Gasteiger partial charge in [0.2, 0.25) is 41.4 Å². The molecule has 0 radical (unpaired) electrons. The van der Waals surface area contributed by atoms with Crippen LogP contribution in [-0.4, -0.2) is 146 Å². The van der Waals surface area contributed by atoms with Gasteiger partial charge in [-0.15, -0.1) is 0 Å². The molecule has 1 fully saturated rings. The van der Waals surface area contributed by atoms with E-state index in [0.717, 1.165) is 0 Å². The topological polar surface area (TPSA) is 389 Å². The highest BCUT2D eigenvalue weighted by atomic mass is 16.4. The number of imidazole rings is 1. The number of aliphatic carboxylic acids is 2. The van der Waals surface area contributed by atoms with Gasteiger partial charge in [-0.05, 0) is 56.3 Å². The van der Waals surface area contributed by atoms with Crippen molar-refractivity contribution >= 4 is 59.2 Å². The average Bonchev–Trinajstić information content (AvgIpc) is 3.91. The van der Waals surface area contributed by atoms with Gasteiger partial charge >= 0.3 is 11.9 Å². The molecule has 7 unspecified atom stereocenters. The van der Waals surface area contributed by atoms with E-state index in [2.05, 4.69) is 46.9 Å². The lowest BCUT2D eigenvalue weighted by Crippen LogP contribution is -2.60. The fourth-order valence-corrected chi connectivity index (χ4v) is 6.89. The summed E-state index contributed by atoms with van der Waals surface area (Å²) in [6.45, 7) is 10.4. The number of rotatable bonds is 27. The number of nitrogens with one attached hydrogen (secondary N) is 7. The van der Waals surface area contributed by atoms with E-state index in [-0.39, 0.29) is 68.9 Å². The highest BCUT2D eigenvalue weighted by Crippen LogP contribution is 2.21. The largest absolute Gasteiger partial charge is 0.481 e. The van der Waals surface area contributed by atoms with Crippen molar-refractivity contribution in [1.82, 2.24) is 46.8 Å². The maximum Gasteiger partial charge on any atom is 0.326 e. The molecule has 358 valence electrons. The van der Waals surface area contributed by atoms with Gasteiger partial charge in [-0.3, -0.25) is 43.3 Å². The summed E-state index contributed by atoms with van der Waals surface area (Å²) in [7, 11) is 0. The quantitative estimate of drug-likeness (QED) is 0.0241. The number of nitrogens with two attached hydrogens (primary N) is 3. The molecule has 0 saturated carbocycles. The van der Waals surface area contributed by atoms with Crippen LogP contribution in [0, 0.1) is 17.8 Å². The molecule has 1 aliphatic rings. The number of nitrogens with zero attached hydrogens (tertiary/aromatic N) is 3. The highest BCUT2D eigenvalue weighted by Gasteiger charge is 2.40. The molecule has 2 heterocycles. The molecule has 0 bridgehead atoms. The number of aliphatic imine (C=N–C) groups is 1. The number of carbonyl (C=O) groups is 9. The molecule has 24 nitrogen and oxygen atoms in total. The number of carboxylic acid groups (broad SMARTS) is 2. The first-order valence-electron chi connectivity index (χ1n) is 21.3. The minimum absolute atomic E-state index is 0.0630. The van der Waals surface area contributed by atoms with E-state index >= 15 is 0 Å². The van der Waals surface area contributed by atoms with Crippen LogP contribution in [0.5, 0.6) is 0 Å². The van der Waals surface area contributed by atoms with Crippen molar-refractivity contribution in [2.75, 3.05) is 19.6 Å². The second-order valence-corrected chi connectivity index (χ2v) is 17.0. The third-order valence-electron chi connectivity index (χ3n) is 10.1. The lowest BCUT2D eigenvalue weighted by atomic mass is 9.99. The predicted octanol–water partition coefficient (Wildman–Crippen LogP) is -2.83. The molecule has 0 aliphatic carbocycles. The van der Waals surface area contributed by atoms with Crippen LogP contribution in [0.2, 0.25) is 0 Å². The molecule has 15 N–H and O–H groups in total. The predicted molar refractivity (Wildman–Crippen MR) is 231 cm³/mol. The molecule has 24 heteroatoms. The zero-order valence-corrected chi connectivity index (χ0v) is 37.3. The molecule has 1 aromatic rings. The molecule has 2 rings (SSSR count). The number of likely N-dealkylation sites (tertiary alicyclic amines) is 1. The van der Waals surface area contributed by atoms with Gasteiger partial charge in [0.15, 0.2) is 5.96 Å². The lowest BCUT2D eigenvalue weighted by molar-refractivity contribution is -0.143. The summed E-state index contributed by atoms with van der Waals surface area (Å²) in [5, 5.41) is 33.9. The molecular weight excluding hydrogens is 839 g/mol. The molecule has 7 amide bonds. The summed E-state index contributed by atoms with van der Waals surface area (Å²) in [6.07, 6.45) is 3.07. The van der Waals surface area contributed by atoms with Gasteiger partial charge in [0.1, 0.15) is 36.3 Å². The fraction of sp³-hybridized carbons (Fsp3) is 0.675. The highest BCUT2D eigenvalue weighted by molar-refractivity contribution is 5.97. The Morgan fingerprint density at radius 1 is 0.828 bits per heavy atom. The molecule has 0 spiro atoms. The monoisotopic (exact) mass is 906 g/mol. The van der Waals surface area contributed by atoms with Gasteiger partial charge in [0.25, 0.3) is 0 Å². The van der Waals surface area contributed by atoms with Crippen LogP contribution in [0.15, 0.2) is 17.5 Å². The summed E-state index contributed by atoms with van der Waals surface area (Å²) in [5.41, 5.74) is 17.1. The minimum atomic E-state index is -1.73. The van der Waals surface area contributed by atoms with E-state index in [4.69, 9.17) is 17.2 Å². The Kier molecular flexibility index (Phi) is 22.1. The Morgan fingerprint density at radius 3 is 2.03 bits per heavy atom. The van der Waals surface area contributed by atoms with E-state index in [1.54, 1.807) is 27.7 Å². The lowest BCUT2D eigenvalue weighted by Gasteiger charge is -2.32. The van der Waals surface area contributed by atoms with E-state index in [0.29, 0.717) is 18.5 Å². The number of carboxylic acids is 2. The zero-order chi connectivity index (χ0) is 48.3. The Balaban J connectivity index is 2.20. The van der Waals surface area contributed by atoms with Crippen molar-refractivity contribution in [2.45, 2.75) is 135 Å². The van der Waals surface area contributed by atoms with Crippen molar-refractivity contribution in [3.05, 3.63) is 18.2 Å². The average molecular weight is 906 g/mol. The van der Waals surface area contributed by atoms with E-state index in [9.17, 15) is 53.4 Å². The van der Waals surface area contributed by atoms with Crippen LogP contribution in [-0.2, 0) is 49.6 Å². The summed E-state index contributed by atoms with van der Waals surface area (Å²) < 4.78 is 0. The zero-order valence-electron chi connectivity index (χ0n) is 37.3. The van der Waals surface area contributed by atoms with Gasteiger partial charge < -0.3 is 69.2 Å². The second-order valence-electron chi connectivity index (χ2n) is 17.0. The standard InChI is InChI=1S/C40H67N13O11/c1-20(2)13-24(41)33(57)52-32(22(5)6)38(62)53-12-8-10-29(53)37(61)51-27(15-23-17-44-19-47-23)35(59)50-26(14-21(3)4)34(58)46-18-30(54)48-28(16-31(55)56)36(60)49-25(39(63)64)9-7-11-45-40(42)43/h17,19-22,24-29,32H,7-16,18,41H2,1-6H3,(H,44,47)(H,46,58)(H,48,54)(H,49,60)(H,50,59)(H,51,61)(H,52,57)(H,55,56)(H,63,64)(H4,42,43,45). The maximum atomic E-state index is 14.0. The number of hydrogen-bond acceptors (Lipinski definition) is 12. The van der Waals surface area contributed by atoms with Crippen molar-refractivity contribution in [2.24, 2.45) is 39.9 Å². The van der Waals surface area contributed by atoms with E-state index in [1.165, 1.54) is 17.4 Å². The molecule has 1 aromatic heterocycles. The van der Waals surface area contributed by atoms with Crippen LogP contribution >= 0.6 is 0 Å². The first kappa shape index (κ1) is 53.8. The number of guanidine groups is 1. The first-order valence-corrected chi connectivity index (χ1v) is 21.3. The molecule has 0 aromatic carbocycles. The Labute approximate surface area is 371 Å². The number of H-pyrrole nitrogens is 1. The van der Waals surface area contributed by atoms with Crippen LogP contribution in [0.1, 0.15) is 92.2 Å². The molecular formula is C40H67N13O11. The Morgan fingerprint density at radius 2 is 1.47 bits per heavy atom. The van der Waals surface area contributed by atoms with Gasteiger partial charge in [0.05, 0.1) is 25.3 Å². The molecule has 1 saturated heterocycles. The third-order valence-corrected chi connectivity index (χ3v) is 10.1. The van der Waals surface area contributed by atoms with Crippen LogP contribution < -0.4 is 49.1 Å². The number of aromatic amines is 1. The second kappa shape index (κ2) is 26.3. The minimum Gasteiger partial charge on any atom is -0.481 e. The van der Waals surface area contributed by atoms with Gasteiger partial charge in [-0.1, -0.05) is 41.5 Å². The molecule has 64 heavy (non-hydrogen) atoms. The molecule has 7 atom stereocenters. The summed E-state index contributed by atoms with van der Waals surface area (Å²) in [5.74, 6) is -8.81. The fourth-order valence-electron chi connectivity index (χ4n) is 6.89. The maximum absolute atomic E-state index is 14.0. The Hall–Kier alpha value is -6.33. The van der Waals surface area contributed by atoms with Crippen molar-refractivity contribution in [3.8, 4) is 0 Å². The van der Waals surface area contributed by atoms with Crippen molar-refractivity contribution in [1.29, 1.82) is 0 Å². The number of hydrogen-bond donors (Lipinski definition) is 12. The number of aromatic nitrogens is 2. The van der Waals surface area contributed by atoms with Gasteiger partial charge in [-0.25, -0.2) is 9.78 Å². The van der Waals surface area contributed by atoms with Crippen LogP contribution in [0.4, 0.5) is 0 Å². The molecule has 1 aliphatic heterocycles. The van der Waals surface area contributed by atoms with Gasteiger partial charge in [0, 0.05) is 31.4 Å². The summed E-state index contributed by atoms with van der Waals surface area (Å²) >= 11 is 0. The number of carbonyl (C=O) groups excluding carboxylic acids is 7. The SMILES string of the molecule is CC(C)CC(N)C(=O)NC(C(=O)N1CCCC1C(=O)NC(Cc1cnc[nH]1)C(=O)NC(CC(C)C)C(=O)NCC(=O)NC(CC(=O)O)C(=O)NC(CCCN=C(N)N)C(=O)O)C(C)C. The smallest absolute Gasteiger partial charge is 0.326 e. The van der Waals surface area contributed by atoms with Crippen molar-refractivity contribution in [3.63, 3.8) is 0 Å². The van der Waals surface area contributed by atoms with E-state index < -0.39 is 109 Å². The summed E-state index contributed by atoms with van der Waals surface area (Å²) in [6, 6.07) is -8.52.